The third kappa shape index (κ3) is 5.10. The Morgan fingerprint density at radius 3 is 2.33 bits per heavy atom. The smallest absolute Gasteiger partial charge is 0.214 e. The van der Waals surface area contributed by atoms with Crippen LogP contribution in [-0.4, -0.2) is 48.3 Å². The summed E-state index contributed by atoms with van der Waals surface area (Å²) in [4.78, 5) is 4.10. The molecule has 0 saturated carbocycles. The van der Waals surface area contributed by atoms with Crippen LogP contribution in [0.1, 0.15) is 5.69 Å². The van der Waals surface area contributed by atoms with Crippen molar-refractivity contribution in [3.05, 3.63) is 30.1 Å². The molecule has 0 aromatic carbocycles. The summed E-state index contributed by atoms with van der Waals surface area (Å²) in [7, 11) is -3.32. The molecule has 1 aromatic rings. The molecule has 0 aliphatic heterocycles. The number of hydrogen-bond acceptors (Lipinski definition) is 3. The van der Waals surface area contributed by atoms with E-state index in [2.05, 4.69) is 4.98 Å². The number of pyridine rings is 1. The Bertz CT molecular complexity index is 434. The van der Waals surface area contributed by atoms with E-state index in [1.54, 1.807) is 12.3 Å². The molecule has 7 heteroatoms. The fourth-order valence-corrected chi connectivity index (χ4v) is 3.56. The van der Waals surface area contributed by atoms with Crippen LogP contribution in [-0.2, 0) is 16.4 Å². The van der Waals surface area contributed by atoms with Crippen molar-refractivity contribution in [1.82, 2.24) is 9.29 Å². The SMILES string of the molecule is O=S(=O)(CCc1ccccn1)N(CCCl)CCCl. The van der Waals surface area contributed by atoms with Gasteiger partial charge in [-0.15, -0.1) is 23.2 Å². The minimum Gasteiger partial charge on any atom is -0.261 e. The molecule has 0 N–H and O–H groups in total. The van der Waals surface area contributed by atoms with Gasteiger partial charge in [-0.3, -0.25) is 4.98 Å². The normalized spacial score (nSPS) is 11.9. The topological polar surface area (TPSA) is 50.3 Å². The zero-order valence-corrected chi connectivity index (χ0v) is 12.3. The zero-order valence-electron chi connectivity index (χ0n) is 9.93. The van der Waals surface area contributed by atoms with Crippen LogP contribution in [0.4, 0.5) is 0 Å². The molecule has 0 aliphatic rings. The van der Waals surface area contributed by atoms with Crippen molar-refractivity contribution < 1.29 is 8.42 Å². The largest absolute Gasteiger partial charge is 0.261 e. The summed E-state index contributed by atoms with van der Waals surface area (Å²) in [6.07, 6.45) is 2.04. The molecule has 1 aromatic heterocycles. The number of halogens is 2. The zero-order chi connectivity index (χ0) is 13.4. The molecule has 0 aliphatic carbocycles. The number of rotatable bonds is 8. The molecule has 102 valence electrons. The molecular weight excluding hydrogens is 295 g/mol. The van der Waals surface area contributed by atoms with Crippen molar-refractivity contribution in [3.8, 4) is 0 Å². The molecule has 0 fully saturated rings. The number of sulfonamides is 1. The lowest BCUT2D eigenvalue weighted by Gasteiger charge is -2.19. The summed E-state index contributed by atoms with van der Waals surface area (Å²) in [6, 6.07) is 5.44. The van der Waals surface area contributed by atoms with Gasteiger partial charge in [0, 0.05) is 43.2 Å². The van der Waals surface area contributed by atoms with Crippen LogP contribution in [0.15, 0.2) is 24.4 Å². The van der Waals surface area contributed by atoms with Crippen molar-refractivity contribution in [2.45, 2.75) is 6.42 Å². The average Bonchev–Trinajstić information content (AvgIpc) is 2.37. The molecule has 1 heterocycles. The van der Waals surface area contributed by atoms with Crippen molar-refractivity contribution in [2.75, 3.05) is 30.6 Å². The van der Waals surface area contributed by atoms with Crippen LogP contribution in [0, 0.1) is 0 Å². The highest BCUT2D eigenvalue weighted by Crippen LogP contribution is 2.06. The Kier molecular flexibility index (Phi) is 6.92. The highest BCUT2D eigenvalue weighted by molar-refractivity contribution is 7.89. The minimum absolute atomic E-state index is 0.0256. The van der Waals surface area contributed by atoms with Gasteiger partial charge in [-0.05, 0) is 12.1 Å². The van der Waals surface area contributed by atoms with E-state index in [1.165, 1.54) is 4.31 Å². The van der Waals surface area contributed by atoms with Crippen molar-refractivity contribution in [1.29, 1.82) is 0 Å². The maximum absolute atomic E-state index is 12.1. The van der Waals surface area contributed by atoms with Crippen molar-refractivity contribution in [3.63, 3.8) is 0 Å². The number of hydrogen-bond donors (Lipinski definition) is 0. The Morgan fingerprint density at radius 1 is 1.17 bits per heavy atom. The van der Waals surface area contributed by atoms with Gasteiger partial charge in [0.05, 0.1) is 5.75 Å². The fourth-order valence-electron chi connectivity index (χ4n) is 1.49. The molecule has 0 amide bonds. The van der Waals surface area contributed by atoms with Crippen molar-refractivity contribution >= 4 is 33.2 Å². The lowest BCUT2D eigenvalue weighted by molar-refractivity contribution is 0.448. The minimum atomic E-state index is -3.32. The molecule has 0 atom stereocenters. The van der Waals surface area contributed by atoms with Crippen LogP contribution in [0.25, 0.3) is 0 Å². The Balaban J connectivity index is 2.62. The third-order valence-electron chi connectivity index (χ3n) is 2.40. The van der Waals surface area contributed by atoms with Crippen LogP contribution in [0.2, 0.25) is 0 Å². The number of aromatic nitrogens is 1. The fraction of sp³-hybridized carbons (Fsp3) is 0.545. The molecular formula is C11H16Cl2N2O2S. The maximum Gasteiger partial charge on any atom is 0.214 e. The van der Waals surface area contributed by atoms with Gasteiger partial charge in [0.15, 0.2) is 0 Å². The molecule has 0 saturated heterocycles. The first-order chi connectivity index (χ1) is 8.60. The summed E-state index contributed by atoms with van der Waals surface area (Å²) >= 11 is 11.2. The van der Waals surface area contributed by atoms with Gasteiger partial charge < -0.3 is 0 Å². The summed E-state index contributed by atoms with van der Waals surface area (Å²) in [5.41, 5.74) is 0.762. The van der Waals surface area contributed by atoms with Gasteiger partial charge in [0.2, 0.25) is 10.0 Å². The second-order valence-electron chi connectivity index (χ2n) is 3.66. The average molecular weight is 311 g/mol. The first-order valence-electron chi connectivity index (χ1n) is 5.60. The van der Waals surface area contributed by atoms with E-state index in [0.717, 1.165) is 5.69 Å². The second kappa shape index (κ2) is 7.94. The predicted octanol–water partition coefficient (Wildman–Crippen LogP) is 1.73. The number of nitrogens with zero attached hydrogens (tertiary/aromatic N) is 2. The van der Waals surface area contributed by atoms with E-state index in [9.17, 15) is 8.42 Å². The first kappa shape index (κ1) is 15.7. The Labute approximate surface area is 118 Å². The van der Waals surface area contributed by atoms with Gasteiger partial charge in [0.25, 0.3) is 0 Å². The summed E-state index contributed by atoms with van der Waals surface area (Å²) in [6.45, 7) is 0.581. The standard InChI is InChI=1S/C11H16Cl2N2O2S/c12-5-8-15(9-6-13)18(16,17)10-4-11-3-1-2-7-14-11/h1-3,7H,4-6,8-10H2. The van der Waals surface area contributed by atoms with Crippen LogP contribution in [0.3, 0.4) is 0 Å². The third-order valence-corrected chi connectivity index (χ3v) is 4.61. The molecule has 0 bridgehead atoms. The van der Waals surface area contributed by atoms with Gasteiger partial charge in [-0.2, -0.15) is 4.31 Å². The van der Waals surface area contributed by atoms with Crippen molar-refractivity contribution in [2.24, 2.45) is 0 Å². The van der Waals surface area contributed by atoms with Gasteiger partial charge in [-0.25, -0.2) is 8.42 Å². The monoisotopic (exact) mass is 310 g/mol. The highest BCUT2D eigenvalue weighted by atomic mass is 35.5. The molecule has 1 rings (SSSR count). The summed E-state index contributed by atoms with van der Waals surface area (Å²) < 4.78 is 25.5. The molecule has 0 spiro atoms. The van der Waals surface area contributed by atoms with E-state index in [4.69, 9.17) is 23.2 Å². The lowest BCUT2D eigenvalue weighted by Crippen LogP contribution is -2.36. The maximum atomic E-state index is 12.1. The van der Waals surface area contributed by atoms with E-state index in [-0.39, 0.29) is 17.5 Å². The van der Waals surface area contributed by atoms with Crippen LogP contribution in [0.5, 0.6) is 0 Å². The van der Waals surface area contributed by atoms with Gasteiger partial charge >= 0.3 is 0 Å². The molecule has 4 nitrogen and oxygen atoms in total. The second-order valence-corrected chi connectivity index (χ2v) is 6.51. The molecule has 18 heavy (non-hydrogen) atoms. The van der Waals surface area contributed by atoms with E-state index < -0.39 is 10.0 Å². The van der Waals surface area contributed by atoms with Gasteiger partial charge in [0.1, 0.15) is 0 Å². The van der Waals surface area contributed by atoms with Gasteiger partial charge in [-0.1, -0.05) is 6.07 Å². The quantitative estimate of drug-likeness (QED) is 0.687. The molecule has 0 unspecified atom stereocenters. The lowest BCUT2D eigenvalue weighted by atomic mass is 10.3. The van der Waals surface area contributed by atoms with Crippen LogP contribution >= 0.6 is 23.2 Å². The van der Waals surface area contributed by atoms with E-state index in [1.807, 2.05) is 12.1 Å². The summed E-state index contributed by atoms with van der Waals surface area (Å²) in [5, 5.41) is 0. The highest BCUT2D eigenvalue weighted by Gasteiger charge is 2.20. The van der Waals surface area contributed by atoms with Crippen LogP contribution < -0.4 is 0 Å². The summed E-state index contributed by atoms with van der Waals surface area (Å²) in [5.74, 6) is 0.553. The van der Waals surface area contributed by atoms with E-state index in [0.29, 0.717) is 19.5 Å². The van der Waals surface area contributed by atoms with E-state index >= 15 is 0 Å². The first-order valence-corrected chi connectivity index (χ1v) is 8.27. The Morgan fingerprint density at radius 2 is 1.83 bits per heavy atom. The number of aryl methyl sites for hydroxylation is 1. The number of alkyl halides is 2. The predicted molar refractivity (Wildman–Crippen MR) is 74.7 cm³/mol. The Hall–Kier alpha value is -0.360. The molecule has 0 radical (unpaired) electrons.